The summed E-state index contributed by atoms with van der Waals surface area (Å²) in [6.07, 6.45) is 5.11. The number of urea groups is 1. The minimum absolute atomic E-state index is 0.162. The van der Waals surface area contributed by atoms with Crippen LogP contribution in [-0.4, -0.2) is 40.5 Å². The molecular weight excluding hydrogens is 378 g/mol. The first-order valence-electron chi connectivity index (χ1n) is 10.0. The largest absolute Gasteiger partial charge is 0.444 e. The third-order valence-electron chi connectivity index (χ3n) is 4.56. The van der Waals surface area contributed by atoms with E-state index in [-0.39, 0.29) is 18.0 Å². The molecule has 1 aliphatic rings. The van der Waals surface area contributed by atoms with E-state index in [1.54, 1.807) is 0 Å². The summed E-state index contributed by atoms with van der Waals surface area (Å²) in [4.78, 5) is 24.5. The maximum Gasteiger partial charge on any atom is 0.407 e. The summed E-state index contributed by atoms with van der Waals surface area (Å²) in [6, 6.07) is -0.488. The minimum atomic E-state index is -0.554. The van der Waals surface area contributed by atoms with Crippen molar-refractivity contribution >= 4 is 28.6 Å². The van der Waals surface area contributed by atoms with Crippen LogP contribution >= 0.6 is 11.3 Å². The number of amides is 3. The van der Waals surface area contributed by atoms with Crippen LogP contribution in [0.15, 0.2) is 0 Å². The van der Waals surface area contributed by atoms with E-state index in [1.807, 2.05) is 34.6 Å². The number of alkyl carbamates (subject to hydrolysis) is 1. The van der Waals surface area contributed by atoms with E-state index in [2.05, 4.69) is 26.1 Å². The Balaban J connectivity index is 1.94. The maximum absolute atomic E-state index is 12.5. The van der Waals surface area contributed by atoms with Gasteiger partial charge in [-0.2, -0.15) is 0 Å². The molecule has 0 aromatic carbocycles. The molecule has 2 rings (SSSR count). The van der Waals surface area contributed by atoms with Gasteiger partial charge in [0.05, 0.1) is 6.04 Å². The number of carbonyl (C=O) groups is 2. The third kappa shape index (κ3) is 7.61. The van der Waals surface area contributed by atoms with Crippen molar-refractivity contribution in [2.45, 2.75) is 84.3 Å². The van der Waals surface area contributed by atoms with E-state index in [0.29, 0.717) is 17.6 Å². The fraction of sp³-hybridized carbons (Fsp3) is 0.789. The molecule has 1 aromatic heterocycles. The fourth-order valence-corrected chi connectivity index (χ4v) is 3.94. The van der Waals surface area contributed by atoms with Crippen LogP contribution in [0.4, 0.5) is 14.7 Å². The van der Waals surface area contributed by atoms with Crippen molar-refractivity contribution in [3.05, 3.63) is 5.01 Å². The van der Waals surface area contributed by atoms with Crippen LogP contribution in [0.5, 0.6) is 0 Å². The maximum atomic E-state index is 12.5. The molecule has 158 valence electrons. The highest BCUT2D eigenvalue weighted by Gasteiger charge is 2.27. The topological polar surface area (TPSA) is 105 Å². The number of nitrogens with one attached hydrogen (secondary N) is 3. The molecule has 1 aromatic rings. The van der Waals surface area contributed by atoms with Crippen molar-refractivity contribution in [1.29, 1.82) is 0 Å². The lowest BCUT2D eigenvalue weighted by atomic mass is 9.84. The first kappa shape index (κ1) is 22.4. The molecule has 0 saturated heterocycles. The van der Waals surface area contributed by atoms with Gasteiger partial charge >= 0.3 is 12.1 Å². The Morgan fingerprint density at radius 3 is 2.43 bits per heavy atom. The first-order valence-corrected chi connectivity index (χ1v) is 10.8. The molecule has 0 radical (unpaired) electrons. The van der Waals surface area contributed by atoms with Crippen LogP contribution in [0.1, 0.15) is 77.6 Å². The summed E-state index contributed by atoms with van der Waals surface area (Å²) in [5.74, 6) is 0.596. The van der Waals surface area contributed by atoms with Gasteiger partial charge in [-0.15, -0.1) is 10.2 Å². The Hall–Kier alpha value is -1.90. The number of aromatic nitrogens is 2. The van der Waals surface area contributed by atoms with Crippen molar-refractivity contribution in [3.63, 3.8) is 0 Å². The van der Waals surface area contributed by atoms with E-state index in [9.17, 15) is 9.59 Å². The summed E-state index contributed by atoms with van der Waals surface area (Å²) in [7, 11) is 0. The Morgan fingerprint density at radius 1 is 1.18 bits per heavy atom. The van der Waals surface area contributed by atoms with Crippen LogP contribution < -0.4 is 16.0 Å². The van der Waals surface area contributed by atoms with Crippen LogP contribution in [0.25, 0.3) is 0 Å². The van der Waals surface area contributed by atoms with Crippen molar-refractivity contribution in [2.75, 3.05) is 11.9 Å². The quantitative estimate of drug-likeness (QED) is 0.649. The van der Waals surface area contributed by atoms with Crippen molar-refractivity contribution in [2.24, 2.45) is 5.92 Å². The monoisotopic (exact) mass is 411 g/mol. The Bertz CT molecular complexity index is 650. The zero-order valence-corrected chi connectivity index (χ0v) is 18.3. The number of rotatable bonds is 6. The van der Waals surface area contributed by atoms with E-state index >= 15 is 0 Å². The Morgan fingerprint density at radius 2 is 1.86 bits per heavy atom. The van der Waals surface area contributed by atoms with Gasteiger partial charge in [0.25, 0.3) is 0 Å². The average Bonchev–Trinajstić information content (AvgIpc) is 3.06. The first-order chi connectivity index (χ1) is 13.1. The molecule has 3 N–H and O–H groups in total. The smallest absolute Gasteiger partial charge is 0.407 e. The normalized spacial score (nSPS) is 16.5. The molecule has 0 spiro atoms. The van der Waals surface area contributed by atoms with Gasteiger partial charge in [-0.25, -0.2) is 9.59 Å². The van der Waals surface area contributed by atoms with E-state index in [0.717, 1.165) is 30.7 Å². The standard InChI is InChI=1S/C19H33N5O3S/c1-12(2)15-23-24-17(28-15)22-16(25)21-14(13-9-7-6-8-10-13)11-20-18(26)27-19(3,4)5/h12-14H,6-11H2,1-5H3,(H,20,26)(H2,21,22,24,25)/t14-/m0/s1. The second-order valence-corrected chi connectivity index (χ2v) is 9.60. The van der Waals surface area contributed by atoms with Gasteiger partial charge < -0.3 is 15.4 Å². The molecule has 9 heteroatoms. The summed E-state index contributed by atoms with van der Waals surface area (Å²) in [6.45, 7) is 9.87. The highest BCUT2D eigenvalue weighted by Crippen LogP contribution is 2.27. The van der Waals surface area contributed by atoms with Crippen molar-refractivity contribution in [3.8, 4) is 0 Å². The lowest BCUT2D eigenvalue weighted by molar-refractivity contribution is 0.0516. The number of nitrogens with zero attached hydrogens (tertiary/aromatic N) is 2. The number of ether oxygens (including phenoxy) is 1. The van der Waals surface area contributed by atoms with Gasteiger partial charge in [0.1, 0.15) is 10.6 Å². The fourth-order valence-electron chi connectivity index (χ4n) is 3.20. The highest BCUT2D eigenvalue weighted by molar-refractivity contribution is 7.15. The zero-order valence-electron chi connectivity index (χ0n) is 17.5. The number of carbonyl (C=O) groups excluding carboxylic acids is 2. The van der Waals surface area contributed by atoms with E-state index in [4.69, 9.17) is 4.74 Å². The third-order valence-corrected chi connectivity index (χ3v) is 5.69. The Labute approximate surface area is 171 Å². The molecule has 1 saturated carbocycles. The lowest BCUT2D eigenvalue weighted by Crippen LogP contribution is -2.50. The average molecular weight is 412 g/mol. The summed E-state index contributed by atoms with van der Waals surface area (Å²) >= 11 is 1.37. The second kappa shape index (κ2) is 10.0. The Kier molecular flexibility index (Phi) is 8.03. The number of hydrogen-bond donors (Lipinski definition) is 3. The van der Waals surface area contributed by atoms with Gasteiger partial charge in [-0.05, 0) is 39.5 Å². The molecule has 3 amide bonds. The SMILES string of the molecule is CC(C)c1nnc(NC(=O)N[C@@H](CNC(=O)OC(C)(C)C)C2CCCCC2)s1. The van der Waals surface area contributed by atoms with Gasteiger partial charge in [0, 0.05) is 12.5 Å². The molecule has 1 aliphatic carbocycles. The van der Waals surface area contributed by atoms with Gasteiger partial charge in [-0.1, -0.05) is 44.4 Å². The zero-order chi connectivity index (χ0) is 20.7. The number of hydrogen-bond acceptors (Lipinski definition) is 6. The molecule has 1 fully saturated rings. The second-order valence-electron chi connectivity index (χ2n) is 8.59. The molecule has 0 unspecified atom stereocenters. The highest BCUT2D eigenvalue weighted by atomic mass is 32.1. The molecule has 1 atom stereocenters. The lowest BCUT2D eigenvalue weighted by Gasteiger charge is -2.31. The van der Waals surface area contributed by atoms with Crippen LogP contribution in [0.2, 0.25) is 0 Å². The minimum Gasteiger partial charge on any atom is -0.444 e. The molecule has 1 heterocycles. The van der Waals surface area contributed by atoms with Crippen molar-refractivity contribution in [1.82, 2.24) is 20.8 Å². The van der Waals surface area contributed by atoms with Crippen LogP contribution in [-0.2, 0) is 4.74 Å². The molecule has 28 heavy (non-hydrogen) atoms. The van der Waals surface area contributed by atoms with E-state index in [1.165, 1.54) is 17.8 Å². The summed E-state index contributed by atoms with van der Waals surface area (Å²) < 4.78 is 5.31. The van der Waals surface area contributed by atoms with Gasteiger partial charge in [0.2, 0.25) is 5.13 Å². The predicted molar refractivity (Wildman–Crippen MR) is 111 cm³/mol. The predicted octanol–water partition coefficient (Wildman–Crippen LogP) is 4.26. The molecule has 0 bridgehead atoms. The molecule has 8 nitrogen and oxygen atoms in total. The summed E-state index contributed by atoms with van der Waals surface area (Å²) in [5, 5.41) is 18.0. The van der Waals surface area contributed by atoms with Crippen molar-refractivity contribution < 1.29 is 14.3 Å². The van der Waals surface area contributed by atoms with Crippen LogP contribution in [0, 0.1) is 5.92 Å². The molecular formula is C19H33N5O3S. The summed E-state index contributed by atoms with van der Waals surface area (Å²) in [5.41, 5.74) is -0.554. The van der Waals surface area contributed by atoms with Gasteiger partial charge in [0.15, 0.2) is 0 Å². The van der Waals surface area contributed by atoms with Crippen LogP contribution in [0.3, 0.4) is 0 Å². The van der Waals surface area contributed by atoms with Gasteiger partial charge in [-0.3, -0.25) is 5.32 Å². The molecule has 0 aliphatic heterocycles. The van der Waals surface area contributed by atoms with E-state index < -0.39 is 11.7 Å². The number of anilines is 1.